The molecule has 3 rings (SSSR count). The standard InChI is InChI=1S/C25H28N2O3/c1-18(2)17-21-22(14-16-30-3)26-24(20-11-7-8-12-23(20)28)27(25(21)29)15-13-19-9-5-4-6-10-19/h4-12,17,28H,13-16H2,1-3H3. The number of rotatable bonds is 8. The highest BCUT2D eigenvalue weighted by molar-refractivity contribution is 5.65. The molecule has 0 spiro atoms. The Bertz CT molecular complexity index is 1080. The summed E-state index contributed by atoms with van der Waals surface area (Å²) in [7, 11) is 1.63. The molecule has 0 fully saturated rings. The van der Waals surface area contributed by atoms with Crippen LogP contribution >= 0.6 is 0 Å². The van der Waals surface area contributed by atoms with Crippen LogP contribution in [0.3, 0.4) is 0 Å². The number of phenols is 1. The predicted octanol–water partition coefficient (Wildman–Crippen LogP) is 4.47. The van der Waals surface area contributed by atoms with Gasteiger partial charge in [-0.3, -0.25) is 9.36 Å². The Hall–Kier alpha value is -3.18. The van der Waals surface area contributed by atoms with Crippen LogP contribution in [0.1, 0.15) is 30.7 Å². The number of aromatic nitrogens is 2. The summed E-state index contributed by atoms with van der Waals surface area (Å²) in [6, 6.07) is 17.0. The second kappa shape index (κ2) is 10.0. The number of para-hydroxylation sites is 1. The van der Waals surface area contributed by atoms with Gasteiger partial charge in [0.15, 0.2) is 0 Å². The lowest BCUT2D eigenvalue weighted by Crippen LogP contribution is -2.28. The lowest BCUT2D eigenvalue weighted by molar-refractivity contribution is 0.201. The quantitative estimate of drug-likeness (QED) is 0.602. The Labute approximate surface area is 177 Å². The number of aryl methyl sites for hydroxylation is 1. The first kappa shape index (κ1) is 21.5. The molecule has 2 aromatic carbocycles. The van der Waals surface area contributed by atoms with Crippen molar-refractivity contribution in [2.45, 2.75) is 33.2 Å². The Balaban J connectivity index is 2.19. The molecule has 0 unspecified atom stereocenters. The number of allylic oxidation sites excluding steroid dienone is 1. The van der Waals surface area contributed by atoms with Crippen LogP contribution in [-0.2, 0) is 24.1 Å². The molecule has 0 aliphatic rings. The summed E-state index contributed by atoms with van der Waals surface area (Å²) in [5.74, 6) is 0.580. The zero-order chi connectivity index (χ0) is 21.5. The van der Waals surface area contributed by atoms with Gasteiger partial charge in [-0.15, -0.1) is 0 Å². The third kappa shape index (κ3) is 5.05. The topological polar surface area (TPSA) is 64.3 Å². The van der Waals surface area contributed by atoms with Crippen molar-refractivity contribution in [1.29, 1.82) is 0 Å². The van der Waals surface area contributed by atoms with Crippen molar-refractivity contribution in [3.05, 3.63) is 87.3 Å². The number of aromatic hydroxyl groups is 1. The number of methoxy groups -OCH3 is 1. The van der Waals surface area contributed by atoms with Gasteiger partial charge >= 0.3 is 0 Å². The van der Waals surface area contributed by atoms with E-state index < -0.39 is 0 Å². The van der Waals surface area contributed by atoms with Gasteiger partial charge in [0.05, 0.1) is 23.4 Å². The Kier molecular flexibility index (Phi) is 7.20. The molecule has 1 aromatic heterocycles. The minimum atomic E-state index is -0.105. The second-order valence-corrected chi connectivity index (χ2v) is 7.47. The summed E-state index contributed by atoms with van der Waals surface area (Å²) in [5.41, 5.74) is 3.87. The van der Waals surface area contributed by atoms with Gasteiger partial charge in [0.2, 0.25) is 0 Å². The molecule has 1 N–H and O–H groups in total. The summed E-state index contributed by atoms with van der Waals surface area (Å²) in [6.45, 7) is 4.85. The lowest BCUT2D eigenvalue weighted by Gasteiger charge is -2.17. The number of ether oxygens (including phenoxy) is 1. The normalized spacial score (nSPS) is 10.8. The maximum atomic E-state index is 13.6. The van der Waals surface area contributed by atoms with Crippen LogP contribution in [-0.4, -0.2) is 28.4 Å². The molecule has 0 bridgehead atoms. The van der Waals surface area contributed by atoms with Gasteiger partial charge < -0.3 is 9.84 Å². The van der Waals surface area contributed by atoms with Crippen LogP contribution in [0.2, 0.25) is 0 Å². The number of nitrogens with zero attached hydrogens (tertiary/aromatic N) is 2. The fourth-order valence-corrected chi connectivity index (χ4v) is 3.40. The highest BCUT2D eigenvalue weighted by Crippen LogP contribution is 2.27. The summed E-state index contributed by atoms with van der Waals surface area (Å²) in [6.07, 6.45) is 3.09. The van der Waals surface area contributed by atoms with Crippen molar-refractivity contribution in [3.8, 4) is 17.1 Å². The molecule has 5 heteroatoms. The molecule has 0 amide bonds. The summed E-state index contributed by atoms with van der Waals surface area (Å²) in [5, 5.41) is 10.5. The van der Waals surface area contributed by atoms with E-state index in [0.717, 1.165) is 11.1 Å². The summed E-state index contributed by atoms with van der Waals surface area (Å²) >= 11 is 0. The smallest absolute Gasteiger partial charge is 0.261 e. The van der Waals surface area contributed by atoms with E-state index in [9.17, 15) is 9.90 Å². The van der Waals surface area contributed by atoms with E-state index in [-0.39, 0.29) is 11.3 Å². The first-order chi connectivity index (χ1) is 14.5. The van der Waals surface area contributed by atoms with Crippen LogP contribution in [0.4, 0.5) is 0 Å². The van der Waals surface area contributed by atoms with E-state index >= 15 is 0 Å². The van der Waals surface area contributed by atoms with E-state index in [1.54, 1.807) is 29.9 Å². The third-order valence-corrected chi connectivity index (χ3v) is 4.87. The summed E-state index contributed by atoms with van der Waals surface area (Å²) in [4.78, 5) is 18.4. The Morgan fingerprint density at radius 2 is 1.77 bits per heavy atom. The first-order valence-corrected chi connectivity index (χ1v) is 10.1. The maximum absolute atomic E-state index is 13.6. The fourth-order valence-electron chi connectivity index (χ4n) is 3.40. The van der Waals surface area contributed by atoms with Crippen LogP contribution in [0.15, 0.2) is 65.0 Å². The minimum Gasteiger partial charge on any atom is -0.507 e. The fraction of sp³-hybridized carbons (Fsp3) is 0.280. The molecule has 0 radical (unpaired) electrons. The van der Waals surface area contributed by atoms with Crippen LogP contribution in [0.25, 0.3) is 17.5 Å². The number of hydrogen-bond donors (Lipinski definition) is 1. The largest absolute Gasteiger partial charge is 0.507 e. The number of phenolic OH excluding ortho intramolecular Hbond substituents is 1. The SMILES string of the molecule is COCCc1nc(-c2ccccc2O)n(CCc2ccccc2)c(=O)c1C=C(C)C. The monoisotopic (exact) mass is 404 g/mol. The molecule has 30 heavy (non-hydrogen) atoms. The van der Waals surface area contributed by atoms with Crippen molar-refractivity contribution >= 4 is 6.08 Å². The number of hydrogen-bond acceptors (Lipinski definition) is 4. The Morgan fingerprint density at radius 1 is 1.07 bits per heavy atom. The van der Waals surface area contributed by atoms with Gasteiger partial charge in [-0.05, 0) is 44.0 Å². The van der Waals surface area contributed by atoms with Crippen molar-refractivity contribution in [2.24, 2.45) is 0 Å². The van der Waals surface area contributed by atoms with Gasteiger partial charge in [-0.2, -0.15) is 0 Å². The van der Waals surface area contributed by atoms with E-state index in [1.807, 2.05) is 56.3 Å². The van der Waals surface area contributed by atoms with Gasteiger partial charge in [0.1, 0.15) is 11.6 Å². The lowest BCUT2D eigenvalue weighted by atomic mass is 10.1. The highest BCUT2D eigenvalue weighted by Gasteiger charge is 2.18. The first-order valence-electron chi connectivity index (χ1n) is 10.1. The highest BCUT2D eigenvalue weighted by atomic mass is 16.5. The molecule has 1 heterocycles. The van der Waals surface area contributed by atoms with Crippen LogP contribution in [0.5, 0.6) is 5.75 Å². The molecular formula is C25H28N2O3. The predicted molar refractivity (Wildman–Crippen MR) is 121 cm³/mol. The third-order valence-electron chi connectivity index (χ3n) is 4.87. The maximum Gasteiger partial charge on any atom is 0.261 e. The van der Waals surface area contributed by atoms with Crippen molar-refractivity contribution in [2.75, 3.05) is 13.7 Å². The zero-order valence-corrected chi connectivity index (χ0v) is 17.8. The van der Waals surface area contributed by atoms with Crippen LogP contribution < -0.4 is 5.56 Å². The molecule has 5 nitrogen and oxygen atoms in total. The molecule has 156 valence electrons. The minimum absolute atomic E-state index is 0.102. The van der Waals surface area contributed by atoms with Gasteiger partial charge in [0.25, 0.3) is 5.56 Å². The van der Waals surface area contributed by atoms with E-state index in [1.165, 1.54) is 0 Å². The van der Waals surface area contributed by atoms with Gasteiger partial charge in [0, 0.05) is 20.1 Å². The van der Waals surface area contributed by atoms with Crippen LogP contribution in [0, 0.1) is 0 Å². The molecule has 0 aliphatic carbocycles. The average Bonchev–Trinajstić information content (AvgIpc) is 2.74. The zero-order valence-electron chi connectivity index (χ0n) is 17.8. The van der Waals surface area contributed by atoms with E-state index in [4.69, 9.17) is 9.72 Å². The van der Waals surface area contributed by atoms with E-state index in [0.29, 0.717) is 48.6 Å². The van der Waals surface area contributed by atoms with Crippen molar-refractivity contribution in [1.82, 2.24) is 9.55 Å². The van der Waals surface area contributed by atoms with Crippen molar-refractivity contribution < 1.29 is 9.84 Å². The molecular weight excluding hydrogens is 376 g/mol. The average molecular weight is 405 g/mol. The van der Waals surface area contributed by atoms with E-state index in [2.05, 4.69) is 0 Å². The summed E-state index contributed by atoms with van der Waals surface area (Å²) < 4.78 is 6.91. The van der Waals surface area contributed by atoms with Gasteiger partial charge in [-0.25, -0.2) is 4.98 Å². The van der Waals surface area contributed by atoms with Crippen molar-refractivity contribution in [3.63, 3.8) is 0 Å². The molecule has 0 saturated heterocycles. The molecule has 3 aromatic rings. The second-order valence-electron chi connectivity index (χ2n) is 7.47. The van der Waals surface area contributed by atoms with Gasteiger partial charge in [-0.1, -0.05) is 48.0 Å². The molecule has 0 aliphatic heterocycles. The molecule has 0 saturated carbocycles. The number of benzene rings is 2. The molecule has 0 atom stereocenters. The Morgan fingerprint density at radius 3 is 2.43 bits per heavy atom.